The SMILES string of the molecule is CCOc1cc(C)c(C)cc1-c1cc(N)n[nH]1. The molecule has 0 aliphatic rings. The van der Waals surface area contributed by atoms with Crippen molar-refractivity contribution in [3.05, 3.63) is 29.3 Å². The van der Waals surface area contributed by atoms with Gasteiger partial charge >= 0.3 is 0 Å². The zero-order chi connectivity index (χ0) is 12.4. The highest BCUT2D eigenvalue weighted by Gasteiger charge is 2.10. The molecule has 1 aromatic heterocycles. The second-order valence-electron chi connectivity index (χ2n) is 4.07. The van der Waals surface area contributed by atoms with Crippen molar-refractivity contribution in [2.75, 3.05) is 12.3 Å². The van der Waals surface area contributed by atoms with Crippen LogP contribution in [-0.4, -0.2) is 16.8 Å². The molecule has 0 aliphatic heterocycles. The predicted octanol–water partition coefficient (Wildman–Crippen LogP) is 2.67. The standard InChI is InChI=1S/C13H17N3O/c1-4-17-12-6-9(3)8(2)5-10(12)11-7-13(14)16-15-11/h5-7H,4H2,1-3H3,(H3,14,15,16). The quantitative estimate of drug-likeness (QED) is 0.853. The molecule has 0 bridgehead atoms. The van der Waals surface area contributed by atoms with Gasteiger partial charge in [-0.05, 0) is 44.0 Å². The molecule has 0 radical (unpaired) electrons. The van der Waals surface area contributed by atoms with Crippen molar-refractivity contribution < 1.29 is 4.74 Å². The van der Waals surface area contributed by atoms with Crippen LogP contribution >= 0.6 is 0 Å². The molecule has 3 N–H and O–H groups in total. The predicted molar refractivity (Wildman–Crippen MR) is 69.1 cm³/mol. The average Bonchev–Trinajstić information content (AvgIpc) is 2.70. The molecular formula is C13H17N3O. The van der Waals surface area contributed by atoms with Crippen LogP contribution in [0.5, 0.6) is 5.75 Å². The van der Waals surface area contributed by atoms with E-state index >= 15 is 0 Å². The van der Waals surface area contributed by atoms with Crippen LogP contribution in [0.3, 0.4) is 0 Å². The topological polar surface area (TPSA) is 63.9 Å². The van der Waals surface area contributed by atoms with Crippen molar-refractivity contribution in [3.8, 4) is 17.0 Å². The van der Waals surface area contributed by atoms with Crippen molar-refractivity contribution in [1.29, 1.82) is 0 Å². The van der Waals surface area contributed by atoms with Crippen LogP contribution in [0.1, 0.15) is 18.1 Å². The van der Waals surface area contributed by atoms with Gasteiger partial charge in [0.05, 0.1) is 12.3 Å². The van der Waals surface area contributed by atoms with Crippen molar-refractivity contribution in [3.63, 3.8) is 0 Å². The summed E-state index contributed by atoms with van der Waals surface area (Å²) in [5.74, 6) is 1.35. The molecular weight excluding hydrogens is 214 g/mol. The Bertz CT molecular complexity index is 531. The maximum Gasteiger partial charge on any atom is 0.145 e. The molecule has 0 unspecified atom stereocenters. The molecule has 17 heavy (non-hydrogen) atoms. The number of anilines is 1. The smallest absolute Gasteiger partial charge is 0.145 e. The number of rotatable bonds is 3. The fourth-order valence-electron chi connectivity index (χ4n) is 1.75. The number of nitrogens with one attached hydrogen (secondary N) is 1. The van der Waals surface area contributed by atoms with Gasteiger partial charge in [0, 0.05) is 11.6 Å². The third-order valence-electron chi connectivity index (χ3n) is 2.78. The summed E-state index contributed by atoms with van der Waals surface area (Å²) in [6.45, 7) is 6.76. The number of nitrogen functional groups attached to an aromatic ring is 1. The number of aromatic amines is 1. The molecule has 2 rings (SSSR count). The first-order valence-electron chi connectivity index (χ1n) is 5.67. The Morgan fingerprint density at radius 2 is 1.94 bits per heavy atom. The van der Waals surface area contributed by atoms with Crippen molar-refractivity contribution in [2.24, 2.45) is 0 Å². The largest absolute Gasteiger partial charge is 0.493 e. The van der Waals surface area contributed by atoms with Crippen LogP contribution in [-0.2, 0) is 0 Å². The first-order valence-corrected chi connectivity index (χ1v) is 5.67. The van der Waals surface area contributed by atoms with Gasteiger partial charge in [-0.15, -0.1) is 0 Å². The first kappa shape index (κ1) is 11.5. The van der Waals surface area contributed by atoms with E-state index in [0.717, 1.165) is 17.0 Å². The van der Waals surface area contributed by atoms with Gasteiger partial charge in [-0.25, -0.2) is 0 Å². The second-order valence-corrected chi connectivity index (χ2v) is 4.07. The van der Waals surface area contributed by atoms with E-state index in [4.69, 9.17) is 10.5 Å². The Labute approximate surface area is 101 Å². The van der Waals surface area contributed by atoms with E-state index in [1.165, 1.54) is 11.1 Å². The van der Waals surface area contributed by atoms with E-state index in [-0.39, 0.29) is 0 Å². The van der Waals surface area contributed by atoms with E-state index in [0.29, 0.717) is 12.4 Å². The minimum absolute atomic E-state index is 0.487. The summed E-state index contributed by atoms with van der Waals surface area (Å²) >= 11 is 0. The summed E-state index contributed by atoms with van der Waals surface area (Å²) in [6.07, 6.45) is 0. The summed E-state index contributed by atoms with van der Waals surface area (Å²) < 4.78 is 5.65. The number of ether oxygens (including phenoxy) is 1. The third-order valence-corrected chi connectivity index (χ3v) is 2.78. The molecule has 0 saturated heterocycles. The number of aryl methyl sites for hydroxylation is 2. The van der Waals surface area contributed by atoms with Gasteiger partial charge in [0.2, 0.25) is 0 Å². The summed E-state index contributed by atoms with van der Waals surface area (Å²) in [6, 6.07) is 5.95. The second kappa shape index (κ2) is 4.49. The lowest BCUT2D eigenvalue weighted by atomic mass is 10.0. The number of hydrogen-bond donors (Lipinski definition) is 2. The molecule has 90 valence electrons. The highest BCUT2D eigenvalue weighted by atomic mass is 16.5. The van der Waals surface area contributed by atoms with Gasteiger partial charge in [0.25, 0.3) is 0 Å². The Morgan fingerprint density at radius 3 is 2.53 bits per heavy atom. The number of nitrogens with zero attached hydrogens (tertiary/aromatic N) is 1. The minimum atomic E-state index is 0.487. The maximum absolute atomic E-state index is 5.65. The molecule has 0 amide bonds. The van der Waals surface area contributed by atoms with Gasteiger partial charge in [0.15, 0.2) is 0 Å². The van der Waals surface area contributed by atoms with Crippen LogP contribution in [0.2, 0.25) is 0 Å². The van der Waals surface area contributed by atoms with E-state index in [1.54, 1.807) is 0 Å². The summed E-state index contributed by atoms with van der Waals surface area (Å²) in [5.41, 5.74) is 9.94. The summed E-state index contributed by atoms with van der Waals surface area (Å²) in [7, 11) is 0. The molecule has 4 heteroatoms. The van der Waals surface area contributed by atoms with Gasteiger partial charge in [0.1, 0.15) is 11.6 Å². The Balaban J connectivity index is 2.54. The Hall–Kier alpha value is -1.97. The fourth-order valence-corrected chi connectivity index (χ4v) is 1.75. The summed E-state index contributed by atoms with van der Waals surface area (Å²) in [5, 5.41) is 6.86. The van der Waals surface area contributed by atoms with Gasteiger partial charge < -0.3 is 10.5 Å². The highest BCUT2D eigenvalue weighted by molar-refractivity contribution is 5.70. The minimum Gasteiger partial charge on any atom is -0.493 e. The van der Waals surface area contributed by atoms with Crippen molar-refractivity contribution >= 4 is 5.82 Å². The lowest BCUT2D eigenvalue weighted by molar-refractivity contribution is 0.341. The molecule has 1 aromatic carbocycles. The van der Waals surface area contributed by atoms with Crippen LogP contribution in [0, 0.1) is 13.8 Å². The van der Waals surface area contributed by atoms with Crippen molar-refractivity contribution in [1.82, 2.24) is 10.2 Å². The molecule has 1 heterocycles. The number of nitrogens with two attached hydrogens (primary N) is 1. The molecule has 4 nitrogen and oxygen atoms in total. The van der Waals surface area contributed by atoms with Crippen LogP contribution in [0.15, 0.2) is 18.2 Å². The van der Waals surface area contributed by atoms with Crippen LogP contribution < -0.4 is 10.5 Å². The van der Waals surface area contributed by atoms with Crippen LogP contribution in [0.25, 0.3) is 11.3 Å². The van der Waals surface area contributed by atoms with E-state index in [9.17, 15) is 0 Å². The first-order chi connectivity index (χ1) is 8.11. The molecule has 0 fully saturated rings. The van der Waals surface area contributed by atoms with E-state index in [1.807, 2.05) is 19.1 Å². The number of H-pyrrole nitrogens is 1. The molecule has 0 spiro atoms. The zero-order valence-electron chi connectivity index (χ0n) is 10.4. The van der Waals surface area contributed by atoms with Crippen LogP contribution in [0.4, 0.5) is 5.82 Å². The molecule has 0 atom stereocenters. The number of aromatic nitrogens is 2. The normalized spacial score (nSPS) is 10.5. The van der Waals surface area contributed by atoms with Gasteiger partial charge in [-0.3, -0.25) is 5.10 Å². The number of hydrogen-bond acceptors (Lipinski definition) is 3. The van der Waals surface area contributed by atoms with E-state index < -0.39 is 0 Å². The maximum atomic E-state index is 5.65. The Kier molecular flexibility index (Phi) is 3.04. The zero-order valence-corrected chi connectivity index (χ0v) is 10.4. The van der Waals surface area contributed by atoms with Crippen molar-refractivity contribution in [2.45, 2.75) is 20.8 Å². The molecule has 0 saturated carbocycles. The fraction of sp³-hybridized carbons (Fsp3) is 0.308. The van der Waals surface area contributed by atoms with Gasteiger partial charge in [-0.1, -0.05) is 0 Å². The average molecular weight is 231 g/mol. The monoisotopic (exact) mass is 231 g/mol. The highest BCUT2D eigenvalue weighted by Crippen LogP contribution is 2.32. The lowest BCUT2D eigenvalue weighted by Gasteiger charge is -2.11. The molecule has 0 aliphatic carbocycles. The third kappa shape index (κ3) is 2.25. The molecule has 2 aromatic rings. The Morgan fingerprint density at radius 1 is 1.24 bits per heavy atom. The van der Waals surface area contributed by atoms with E-state index in [2.05, 4.69) is 30.1 Å². The lowest BCUT2D eigenvalue weighted by Crippen LogP contribution is -1.96. The summed E-state index contributed by atoms with van der Waals surface area (Å²) in [4.78, 5) is 0. The number of benzene rings is 1. The van der Waals surface area contributed by atoms with Gasteiger partial charge in [-0.2, -0.15) is 5.10 Å².